The Balaban J connectivity index is 2.19. The molecule has 0 amide bonds. The van der Waals surface area contributed by atoms with Gasteiger partial charge in [0.1, 0.15) is 5.75 Å². The molecule has 15 heavy (non-hydrogen) atoms. The van der Waals surface area contributed by atoms with E-state index < -0.39 is 0 Å². The molecule has 1 aromatic rings. The van der Waals surface area contributed by atoms with Gasteiger partial charge in [0, 0.05) is 6.04 Å². The van der Waals surface area contributed by atoms with Crippen LogP contribution >= 0.6 is 0 Å². The van der Waals surface area contributed by atoms with Gasteiger partial charge in [0.15, 0.2) is 0 Å². The Kier molecular flexibility index (Phi) is 2.70. The van der Waals surface area contributed by atoms with E-state index in [4.69, 9.17) is 5.73 Å². The van der Waals surface area contributed by atoms with E-state index in [2.05, 4.69) is 0 Å². The van der Waals surface area contributed by atoms with Crippen LogP contribution in [0.4, 0.5) is 0 Å². The molecule has 1 saturated carbocycles. The van der Waals surface area contributed by atoms with Crippen LogP contribution in [-0.4, -0.2) is 5.11 Å². The van der Waals surface area contributed by atoms with Crippen LogP contribution < -0.4 is 5.73 Å². The Bertz CT molecular complexity index is 346. The minimum Gasteiger partial charge on any atom is -0.507 e. The van der Waals surface area contributed by atoms with Crippen molar-refractivity contribution in [3.05, 3.63) is 28.8 Å². The first-order valence-corrected chi connectivity index (χ1v) is 5.63. The van der Waals surface area contributed by atoms with E-state index in [-0.39, 0.29) is 6.04 Å². The van der Waals surface area contributed by atoms with E-state index in [1.54, 1.807) is 0 Å². The molecule has 0 aliphatic heterocycles. The second-order valence-corrected chi connectivity index (χ2v) is 4.79. The summed E-state index contributed by atoms with van der Waals surface area (Å²) in [6, 6.07) is 4.15. The average molecular weight is 205 g/mol. The number of phenolic OH excluding ortho intramolecular Hbond substituents is 1. The minimum absolute atomic E-state index is 0.135. The van der Waals surface area contributed by atoms with Gasteiger partial charge in [-0.3, -0.25) is 0 Å². The molecule has 82 valence electrons. The summed E-state index contributed by atoms with van der Waals surface area (Å²) in [5.41, 5.74) is 9.16. The topological polar surface area (TPSA) is 46.2 Å². The van der Waals surface area contributed by atoms with Crippen molar-refractivity contribution in [2.45, 2.75) is 39.2 Å². The smallest absolute Gasteiger partial charge is 0.121 e. The van der Waals surface area contributed by atoms with Gasteiger partial charge in [0.05, 0.1) is 0 Å². The van der Waals surface area contributed by atoms with E-state index in [0.29, 0.717) is 5.75 Å². The Labute approximate surface area is 91.1 Å². The zero-order valence-corrected chi connectivity index (χ0v) is 9.46. The Hall–Kier alpha value is -1.02. The van der Waals surface area contributed by atoms with Crippen molar-refractivity contribution < 1.29 is 5.11 Å². The summed E-state index contributed by atoms with van der Waals surface area (Å²) in [6.45, 7) is 3.85. The van der Waals surface area contributed by atoms with Crippen molar-refractivity contribution >= 4 is 0 Å². The third kappa shape index (κ3) is 2.32. The van der Waals surface area contributed by atoms with Gasteiger partial charge in [0.2, 0.25) is 0 Å². The molecule has 2 heteroatoms. The van der Waals surface area contributed by atoms with Crippen molar-refractivity contribution in [2.75, 3.05) is 0 Å². The predicted molar refractivity (Wildman–Crippen MR) is 61.9 cm³/mol. The lowest BCUT2D eigenvalue weighted by atomic mass is 9.97. The van der Waals surface area contributed by atoms with Crippen molar-refractivity contribution in [1.82, 2.24) is 0 Å². The maximum absolute atomic E-state index is 9.67. The van der Waals surface area contributed by atoms with Gasteiger partial charge in [-0.1, -0.05) is 25.0 Å². The maximum Gasteiger partial charge on any atom is 0.121 e. The highest BCUT2D eigenvalue weighted by Gasteiger charge is 2.24. The second kappa shape index (κ2) is 3.86. The lowest BCUT2D eigenvalue weighted by Crippen LogP contribution is -2.11. The molecule has 0 radical (unpaired) electrons. The summed E-state index contributed by atoms with van der Waals surface area (Å²) >= 11 is 0. The van der Waals surface area contributed by atoms with E-state index in [9.17, 15) is 5.11 Å². The minimum atomic E-state index is 0.135. The van der Waals surface area contributed by atoms with Gasteiger partial charge >= 0.3 is 0 Å². The van der Waals surface area contributed by atoms with Crippen LogP contribution in [0.3, 0.4) is 0 Å². The zero-order chi connectivity index (χ0) is 11.0. The highest BCUT2D eigenvalue weighted by atomic mass is 16.3. The zero-order valence-electron chi connectivity index (χ0n) is 9.46. The second-order valence-electron chi connectivity index (χ2n) is 4.79. The van der Waals surface area contributed by atoms with Gasteiger partial charge in [-0.25, -0.2) is 0 Å². The molecule has 0 unspecified atom stereocenters. The van der Waals surface area contributed by atoms with Crippen LogP contribution in [-0.2, 0) is 0 Å². The highest BCUT2D eigenvalue weighted by Crippen LogP contribution is 2.37. The van der Waals surface area contributed by atoms with E-state index in [1.807, 2.05) is 26.0 Å². The Morgan fingerprint density at radius 2 is 1.87 bits per heavy atom. The summed E-state index contributed by atoms with van der Waals surface area (Å²) in [6.07, 6.45) is 3.76. The van der Waals surface area contributed by atoms with Crippen molar-refractivity contribution in [3.8, 4) is 5.75 Å². The standard InChI is InChI=1S/C13H19NO/c1-8-5-11(6-9(2)13(8)15)12(14)7-10-3-4-10/h5-6,10,12,15H,3-4,7,14H2,1-2H3/t12-/m1/s1. The Morgan fingerprint density at radius 3 is 2.33 bits per heavy atom. The summed E-state index contributed by atoms with van der Waals surface area (Å²) in [5.74, 6) is 1.24. The molecule has 2 nitrogen and oxygen atoms in total. The van der Waals surface area contributed by atoms with Crippen LogP contribution in [0, 0.1) is 19.8 Å². The summed E-state index contributed by atoms with van der Waals surface area (Å²) in [4.78, 5) is 0. The molecule has 0 saturated heterocycles. The predicted octanol–water partition coefficient (Wildman–Crippen LogP) is 2.81. The Morgan fingerprint density at radius 1 is 1.33 bits per heavy atom. The van der Waals surface area contributed by atoms with Crippen LogP contribution in [0.5, 0.6) is 5.75 Å². The average Bonchev–Trinajstić information content (AvgIpc) is 2.97. The number of aryl methyl sites for hydroxylation is 2. The molecule has 1 atom stereocenters. The molecule has 0 spiro atoms. The fraction of sp³-hybridized carbons (Fsp3) is 0.538. The number of phenols is 1. The maximum atomic E-state index is 9.67. The molecule has 0 heterocycles. The van der Waals surface area contributed by atoms with Crippen molar-refractivity contribution in [1.29, 1.82) is 0 Å². The van der Waals surface area contributed by atoms with Gasteiger partial charge in [-0.05, 0) is 42.9 Å². The fourth-order valence-corrected chi connectivity index (χ4v) is 2.05. The van der Waals surface area contributed by atoms with Gasteiger partial charge in [-0.15, -0.1) is 0 Å². The number of aromatic hydroxyl groups is 1. The third-order valence-corrected chi connectivity index (χ3v) is 3.23. The molecular formula is C13H19NO. The molecule has 0 bridgehead atoms. The molecule has 1 aliphatic carbocycles. The van der Waals surface area contributed by atoms with E-state index >= 15 is 0 Å². The molecular weight excluding hydrogens is 186 g/mol. The molecule has 0 aromatic heterocycles. The lowest BCUT2D eigenvalue weighted by molar-refractivity contribution is 0.466. The van der Waals surface area contributed by atoms with Gasteiger partial charge in [0.25, 0.3) is 0 Å². The van der Waals surface area contributed by atoms with Gasteiger partial charge < -0.3 is 10.8 Å². The van der Waals surface area contributed by atoms with Crippen molar-refractivity contribution in [2.24, 2.45) is 11.7 Å². The number of hydrogen-bond acceptors (Lipinski definition) is 2. The third-order valence-electron chi connectivity index (χ3n) is 3.23. The quantitative estimate of drug-likeness (QED) is 0.797. The number of benzene rings is 1. The van der Waals surface area contributed by atoms with E-state index in [1.165, 1.54) is 12.8 Å². The number of rotatable bonds is 3. The first-order chi connectivity index (χ1) is 7.08. The molecule has 1 aliphatic rings. The highest BCUT2D eigenvalue weighted by molar-refractivity contribution is 5.43. The van der Waals surface area contributed by atoms with Crippen LogP contribution in [0.15, 0.2) is 12.1 Å². The summed E-state index contributed by atoms with van der Waals surface area (Å²) in [5, 5.41) is 9.67. The lowest BCUT2D eigenvalue weighted by Gasteiger charge is -2.14. The summed E-state index contributed by atoms with van der Waals surface area (Å²) < 4.78 is 0. The van der Waals surface area contributed by atoms with Crippen molar-refractivity contribution in [3.63, 3.8) is 0 Å². The summed E-state index contributed by atoms with van der Waals surface area (Å²) in [7, 11) is 0. The molecule has 3 N–H and O–H groups in total. The number of hydrogen-bond donors (Lipinski definition) is 2. The largest absolute Gasteiger partial charge is 0.507 e. The molecule has 1 aromatic carbocycles. The van der Waals surface area contributed by atoms with Crippen LogP contribution in [0.1, 0.15) is 42.0 Å². The van der Waals surface area contributed by atoms with Gasteiger partial charge in [-0.2, -0.15) is 0 Å². The van der Waals surface area contributed by atoms with Crippen LogP contribution in [0.25, 0.3) is 0 Å². The molecule has 1 fully saturated rings. The number of nitrogens with two attached hydrogens (primary N) is 1. The molecule has 2 rings (SSSR count). The normalized spacial score (nSPS) is 17.8. The fourth-order valence-electron chi connectivity index (χ4n) is 2.05. The van der Waals surface area contributed by atoms with Crippen LogP contribution in [0.2, 0.25) is 0 Å². The monoisotopic (exact) mass is 205 g/mol. The van der Waals surface area contributed by atoms with E-state index in [0.717, 1.165) is 29.0 Å². The first-order valence-electron chi connectivity index (χ1n) is 5.63. The first kappa shape index (κ1) is 10.5. The SMILES string of the molecule is Cc1cc([C@H](N)CC2CC2)cc(C)c1O.